The van der Waals surface area contributed by atoms with Crippen LogP contribution in [0.15, 0.2) is 34.6 Å². The van der Waals surface area contributed by atoms with Crippen molar-refractivity contribution in [2.75, 3.05) is 36.8 Å². The summed E-state index contributed by atoms with van der Waals surface area (Å²) in [6, 6.07) is 1.79. The lowest BCUT2D eigenvalue weighted by molar-refractivity contribution is 0.388. The van der Waals surface area contributed by atoms with Crippen LogP contribution >= 0.6 is 35.0 Å². The molecule has 0 aliphatic carbocycles. The summed E-state index contributed by atoms with van der Waals surface area (Å²) in [5.74, 6) is 1.11. The molecule has 1 aliphatic heterocycles. The van der Waals surface area contributed by atoms with Crippen molar-refractivity contribution in [1.82, 2.24) is 19.9 Å². The largest absolute Gasteiger partial charge is 0.382 e. The lowest BCUT2D eigenvalue weighted by Gasteiger charge is -2.35. The summed E-state index contributed by atoms with van der Waals surface area (Å²) in [6.45, 7) is 2.91. The Morgan fingerprint density at radius 1 is 1.17 bits per heavy atom. The van der Waals surface area contributed by atoms with E-state index in [0.717, 1.165) is 28.8 Å². The zero-order chi connectivity index (χ0) is 17.1. The Morgan fingerprint density at radius 2 is 1.92 bits per heavy atom. The van der Waals surface area contributed by atoms with Crippen molar-refractivity contribution in [3.8, 4) is 0 Å². The fourth-order valence-electron chi connectivity index (χ4n) is 2.29. The van der Waals surface area contributed by atoms with E-state index in [0.29, 0.717) is 23.9 Å². The molecule has 0 aromatic carbocycles. The highest BCUT2D eigenvalue weighted by molar-refractivity contribution is 7.99. The third-order valence-electron chi connectivity index (χ3n) is 3.59. The van der Waals surface area contributed by atoms with Crippen molar-refractivity contribution >= 4 is 51.9 Å². The van der Waals surface area contributed by atoms with Gasteiger partial charge in [-0.25, -0.2) is 15.0 Å². The highest BCUT2D eigenvalue weighted by Crippen LogP contribution is 2.34. The molecule has 3 N–H and O–H groups in total. The Hall–Kier alpha value is -1.77. The lowest BCUT2D eigenvalue weighted by atomic mass is 10.3. The van der Waals surface area contributed by atoms with Crippen molar-refractivity contribution in [3.05, 3.63) is 29.7 Å². The van der Waals surface area contributed by atoms with Crippen molar-refractivity contribution in [2.24, 2.45) is 0 Å². The van der Waals surface area contributed by atoms with Gasteiger partial charge in [0.2, 0.25) is 0 Å². The summed E-state index contributed by atoms with van der Waals surface area (Å²) < 4.78 is 0. The molecule has 3 rings (SSSR count). The van der Waals surface area contributed by atoms with Gasteiger partial charge in [0.25, 0.3) is 0 Å². The number of anilines is 2. The van der Waals surface area contributed by atoms with Gasteiger partial charge in [0.15, 0.2) is 5.29 Å². The summed E-state index contributed by atoms with van der Waals surface area (Å²) in [5.41, 5.74) is 5.70. The number of hydrogen-bond acceptors (Lipinski definition) is 7. The van der Waals surface area contributed by atoms with Crippen LogP contribution in [0.1, 0.15) is 0 Å². The number of nitrogens with two attached hydrogens (primary N) is 1. The summed E-state index contributed by atoms with van der Waals surface area (Å²) in [6.07, 6.45) is 5.06. The molecular formula is C14H15Cl2N7S. The molecule has 10 heteroatoms. The molecule has 1 aliphatic rings. The predicted molar refractivity (Wildman–Crippen MR) is 97.2 cm³/mol. The third-order valence-corrected chi connectivity index (χ3v) is 5.32. The quantitative estimate of drug-likeness (QED) is 0.477. The fourth-order valence-corrected chi connectivity index (χ4v) is 3.45. The van der Waals surface area contributed by atoms with E-state index in [-0.39, 0.29) is 5.29 Å². The lowest BCUT2D eigenvalue weighted by Crippen LogP contribution is -2.47. The molecule has 0 amide bonds. The monoisotopic (exact) mass is 383 g/mol. The molecule has 0 unspecified atom stereocenters. The van der Waals surface area contributed by atoms with E-state index in [9.17, 15) is 0 Å². The van der Waals surface area contributed by atoms with E-state index in [1.165, 1.54) is 11.8 Å². The van der Waals surface area contributed by atoms with Gasteiger partial charge in [-0.05, 0) is 17.7 Å². The molecule has 0 radical (unpaired) electrons. The van der Waals surface area contributed by atoms with Crippen molar-refractivity contribution < 1.29 is 0 Å². The molecule has 24 heavy (non-hydrogen) atoms. The summed E-state index contributed by atoms with van der Waals surface area (Å²) in [4.78, 5) is 17.6. The SMILES string of the molecule is N=C(Cl)N1CCN(c2cnc(Sc3ccnc(N)c3Cl)cn2)CC1. The van der Waals surface area contributed by atoms with Crippen LogP contribution in [0.4, 0.5) is 11.6 Å². The zero-order valence-corrected chi connectivity index (χ0v) is 14.9. The molecule has 2 aromatic rings. The highest BCUT2D eigenvalue weighted by atomic mass is 35.5. The minimum absolute atomic E-state index is 0.0842. The molecular weight excluding hydrogens is 369 g/mol. The summed E-state index contributed by atoms with van der Waals surface area (Å²) in [7, 11) is 0. The second-order valence-electron chi connectivity index (χ2n) is 5.09. The first-order valence-electron chi connectivity index (χ1n) is 7.18. The zero-order valence-electron chi connectivity index (χ0n) is 12.6. The van der Waals surface area contributed by atoms with Gasteiger partial charge >= 0.3 is 0 Å². The van der Waals surface area contributed by atoms with Crippen LogP contribution < -0.4 is 10.6 Å². The number of pyridine rings is 1. The van der Waals surface area contributed by atoms with Crippen LogP contribution in [0, 0.1) is 5.41 Å². The van der Waals surface area contributed by atoms with Gasteiger partial charge in [0.05, 0.1) is 17.4 Å². The number of rotatable bonds is 3. The summed E-state index contributed by atoms with van der Waals surface area (Å²) >= 11 is 13.2. The highest BCUT2D eigenvalue weighted by Gasteiger charge is 2.19. The first-order valence-corrected chi connectivity index (χ1v) is 8.75. The maximum absolute atomic E-state index is 7.44. The second-order valence-corrected chi connectivity index (χ2v) is 6.89. The minimum Gasteiger partial charge on any atom is -0.382 e. The molecule has 0 spiro atoms. The molecule has 1 saturated heterocycles. The number of hydrogen-bond donors (Lipinski definition) is 2. The molecule has 1 fully saturated rings. The molecule has 0 saturated carbocycles. The Kier molecular flexibility index (Phi) is 5.27. The molecule has 126 valence electrons. The Bertz CT molecular complexity index is 732. The average molecular weight is 384 g/mol. The van der Waals surface area contributed by atoms with Gasteiger partial charge in [-0.15, -0.1) is 0 Å². The van der Waals surface area contributed by atoms with E-state index in [1.807, 2.05) is 4.90 Å². The van der Waals surface area contributed by atoms with Crippen LogP contribution in [0.3, 0.4) is 0 Å². The molecule has 0 atom stereocenters. The van der Waals surface area contributed by atoms with Crippen LogP contribution in [0.2, 0.25) is 5.02 Å². The Balaban J connectivity index is 1.66. The van der Waals surface area contributed by atoms with Crippen molar-refractivity contribution in [2.45, 2.75) is 9.92 Å². The van der Waals surface area contributed by atoms with Gasteiger partial charge in [-0.3, -0.25) is 5.41 Å². The van der Waals surface area contributed by atoms with Crippen molar-refractivity contribution in [1.29, 1.82) is 5.41 Å². The second kappa shape index (κ2) is 7.42. The van der Waals surface area contributed by atoms with Crippen LogP contribution in [-0.2, 0) is 0 Å². The maximum Gasteiger partial charge on any atom is 0.191 e. The first-order chi connectivity index (χ1) is 11.5. The van der Waals surface area contributed by atoms with Crippen LogP contribution in [-0.4, -0.2) is 51.3 Å². The number of nitrogens with one attached hydrogen (secondary N) is 1. The molecule has 3 heterocycles. The Labute approximate surface area is 153 Å². The number of aromatic nitrogens is 3. The average Bonchev–Trinajstić information content (AvgIpc) is 2.60. The normalized spacial score (nSPS) is 14.8. The van der Waals surface area contributed by atoms with Crippen LogP contribution in [0.25, 0.3) is 0 Å². The number of nitrogen functional groups attached to an aromatic ring is 1. The Morgan fingerprint density at radius 3 is 2.54 bits per heavy atom. The van der Waals surface area contributed by atoms with Gasteiger partial charge in [0.1, 0.15) is 16.7 Å². The van der Waals surface area contributed by atoms with E-state index in [4.69, 9.17) is 34.3 Å². The standard InChI is InChI=1S/C14H15Cl2N7S/c15-12-9(1-2-19-13(12)17)24-11-8-20-10(7-21-11)22-3-5-23(6-4-22)14(16)18/h1-2,7-8,18H,3-6H2,(H2,17,19). The fraction of sp³-hybridized carbons (Fsp3) is 0.286. The van der Waals surface area contributed by atoms with E-state index in [1.54, 1.807) is 24.7 Å². The number of piperazine rings is 1. The van der Waals surface area contributed by atoms with Gasteiger partial charge in [-0.1, -0.05) is 23.4 Å². The number of amidine groups is 1. The molecule has 7 nitrogen and oxygen atoms in total. The van der Waals surface area contributed by atoms with Crippen LogP contribution in [0.5, 0.6) is 0 Å². The molecule has 2 aromatic heterocycles. The topological polar surface area (TPSA) is 95.0 Å². The van der Waals surface area contributed by atoms with Crippen molar-refractivity contribution in [3.63, 3.8) is 0 Å². The van der Waals surface area contributed by atoms with E-state index in [2.05, 4.69) is 19.9 Å². The van der Waals surface area contributed by atoms with E-state index < -0.39 is 0 Å². The molecule has 0 bridgehead atoms. The predicted octanol–water partition coefficient (Wildman–Crippen LogP) is 2.55. The van der Waals surface area contributed by atoms with E-state index >= 15 is 0 Å². The number of nitrogens with zero attached hydrogens (tertiary/aromatic N) is 5. The minimum atomic E-state index is 0.0842. The smallest absolute Gasteiger partial charge is 0.191 e. The van der Waals surface area contributed by atoms with Gasteiger partial charge < -0.3 is 15.5 Å². The van der Waals surface area contributed by atoms with Gasteiger partial charge in [0, 0.05) is 37.3 Å². The maximum atomic E-state index is 7.44. The summed E-state index contributed by atoms with van der Waals surface area (Å²) in [5, 5.41) is 8.68. The third kappa shape index (κ3) is 3.82. The number of halogens is 2. The first kappa shape index (κ1) is 17.1. The van der Waals surface area contributed by atoms with Gasteiger partial charge in [-0.2, -0.15) is 0 Å².